The normalized spacial score (nSPS) is 17.7. The number of H-pyrrole nitrogens is 1. The molecular weight excluding hydrogens is 398 g/mol. The second-order valence-corrected chi connectivity index (χ2v) is 7.31. The van der Waals surface area contributed by atoms with Crippen LogP contribution in [0.15, 0.2) is 36.9 Å². The standard InChI is InChI=1S/C20H21N7O.CH2O2/c28-20-16-15(5-7-24-20)19(26-18(25-16)13-3-1-6-21-11-13)27-10-2-4-14(12-27)17-22-8-9-23-17;2-1-3/h1,3,6,8-9,11,14H,2,4-5,7,10,12H2,(H,22,23)(H,24,28);1H,(H,2,3). The van der Waals surface area contributed by atoms with Crippen molar-refractivity contribution in [3.8, 4) is 11.4 Å². The Kier molecular flexibility index (Phi) is 6.16. The predicted octanol–water partition coefficient (Wildman–Crippen LogP) is 1.63. The number of nitrogens with one attached hydrogen (secondary N) is 2. The van der Waals surface area contributed by atoms with Crippen molar-refractivity contribution in [3.05, 3.63) is 54.0 Å². The number of amides is 1. The van der Waals surface area contributed by atoms with Crippen LogP contribution in [0.3, 0.4) is 0 Å². The fourth-order valence-corrected chi connectivity index (χ4v) is 4.05. The first-order valence-corrected chi connectivity index (χ1v) is 10.1. The second kappa shape index (κ2) is 9.33. The summed E-state index contributed by atoms with van der Waals surface area (Å²) >= 11 is 0. The summed E-state index contributed by atoms with van der Waals surface area (Å²) in [6.45, 7) is 2.10. The minimum atomic E-state index is -0.250. The lowest BCUT2D eigenvalue weighted by Gasteiger charge is -2.35. The highest BCUT2D eigenvalue weighted by Crippen LogP contribution is 2.32. The molecule has 10 heteroatoms. The predicted molar refractivity (Wildman–Crippen MR) is 113 cm³/mol. The van der Waals surface area contributed by atoms with Crippen molar-refractivity contribution in [2.45, 2.75) is 25.2 Å². The van der Waals surface area contributed by atoms with Crippen molar-refractivity contribution in [3.63, 3.8) is 0 Å². The van der Waals surface area contributed by atoms with E-state index in [4.69, 9.17) is 14.9 Å². The Balaban J connectivity index is 0.000000730. The van der Waals surface area contributed by atoms with Gasteiger partial charge in [0.25, 0.3) is 12.4 Å². The molecule has 1 saturated heterocycles. The van der Waals surface area contributed by atoms with Crippen molar-refractivity contribution in [2.75, 3.05) is 24.5 Å². The molecule has 5 rings (SSSR count). The number of carboxylic acid groups (broad SMARTS) is 1. The molecule has 10 nitrogen and oxygen atoms in total. The van der Waals surface area contributed by atoms with Crippen LogP contribution in [0.4, 0.5) is 5.82 Å². The maximum Gasteiger partial charge on any atom is 0.290 e. The number of hydrogen-bond donors (Lipinski definition) is 3. The van der Waals surface area contributed by atoms with Crippen LogP contribution in [0.2, 0.25) is 0 Å². The third kappa shape index (κ3) is 4.37. The monoisotopic (exact) mass is 421 g/mol. The van der Waals surface area contributed by atoms with E-state index in [9.17, 15) is 4.79 Å². The van der Waals surface area contributed by atoms with Crippen LogP contribution >= 0.6 is 0 Å². The van der Waals surface area contributed by atoms with E-state index in [0.717, 1.165) is 55.1 Å². The number of nitrogens with zero attached hydrogens (tertiary/aromatic N) is 5. The summed E-state index contributed by atoms with van der Waals surface area (Å²) in [5.41, 5.74) is 2.23. The SMILES string of the molecule is O=C1NCCc2c1nc(-c1cccnc1)nc2N1CCCC(c2ncc[nH]2)C1.O=CO. The average Bonchev–Trinajstić information content (AvgIpc) is 3.35. The van der Waals surface area contributed by atoms with Crippen LogP contribution in [0.25, 0.3) is 11.4 Å². The Hall–Kier alpha value is -3.82. The number of rotatable bonds is 3. The number of fused-ring (bicyclic) bond motifs is 1. The summed E-state index contributed by atoms with van der Waals surface area (Å²) in [5.74, 6) is 2.62. The smallest absolute Gasteiger partial charge is 0.290 e. The molecule has 3 N–H and O–H groups in total. The van der Waals surface area contributed by atoms with Crippen molar-refractivity contribution in [2.24, 2.45) is 0 Å². The summed E-state index contributed by atoms with van der Waals surface area (Å²) in [5, 5.41) is 9.79. The Morgan fingerprint density at radius 3 is 2.87 bits per heavy atom. The van der Waals surface area contributed by atoms with E-state index in [1.54, 1.807) is 18.6 Å². The van der Waals surface area contributed by atoms with Gasteiger partial charge in [-0.2, -0.15) is 0 Å². The van der Waals surface area contributed by atoms with Gasteiger partial charge in [0.2, 0.25) is 0 Å². The van der Waals surface area contributed by atoms with E-state index in [1.807, 2.05) is 18.3 Å². The lowest BCUT2D eigenvalue weighted by atomic mass is 9.96. The number of aromatic amines is 1. The number of carbonyl (C=O) groups is 2. The van der Waals surface area contributed by atoms with Gasteiger partial charge in [-0.1, -0.05) is 0 Å². The van der Waals surface area contributed by atoms with E-state index >= 15 is 0 Å². The van der Waals surface area contributed by atoms with Gasteiger partial charge in [-0.25, -0.2) is 15.0 Å². The van der Waals surface area contributed by atoms with Gasteiger partial charge in [0.1, 0.15) is 17.3 Å². The van der Waals surface area contributed by atoms with Gasteiger partial charge in [0.05, 0.1) is 0 Å². The van der Waals surface area contributed by atoms with E-state index < -0.39 is 0 Å². The van der Waals surface area contributed by atoms with Gasteiger partial charge in [0, 0.05) is 61.5 Å². The number of carbonyl (C=O) groups excluding carboxylic acids is 1. The molecule has 0 bridgehead atoms. The Morgan fingerprint density at radius 1 is 1.26 bits per heavy atom. The van der Waals surface area contributed by atoms with E-state index in [-0.39, 0.29) is 12.4 Å². The van der Waals surface area contributed by atoms with Gasteiger partial charge in [-0.05, 0) is 31.4 Å². The molecule has 0 aliphatic carbocycles. The molecule has 160 valence electrons. The van der Waals surface area contributed by atoms with Crippen molar-refractivity contribution in [1.82, 2.24) is 30.2 Å². The molecule has 0 spiro atoms. The van der Waals surface area contributed by atoms with Gasteiger partial charge in [-0.3, -0.25) is 14.6 Å². The van der Waals surface area contributed by atoms with Crippen LogP contribution < -0.4 is 10.2 Å². The van der Waals surface area contributed by atoms with Crippen LogP contribution in [0.5, 0.6) is 0 Å². The first kappa shape index (κ1) is 20.5. The highest BCUT2D eigenvalue weighted by Gasteiger charge is 2.30. The molecule has 3 aromatic heterocycles. The first-order chi connectivity index (χ1) is 15.2. The minimum absolute atomic E-state index is 0.130. The highest BCUT2D eigenvalue weighted by molar-refractivity contribution is 5.96. The zero-order valence-electron chi connectivity index (χ0n) is 16.9. The summed E-state index contributed by atoms with van der Waals surface area (Å²) in [6, 6.07) is 3.77. The maximum atomic E-state index is 12.5. The number of hydrogen-bond acceptors (Lipinski definition) is 7. The molecule has 1 unspecified atom stereocenters. The van der Waals surface area contributed by atoms with E-state index in [1.165, 1.54) is 0 Å². The van der Waals surface area contributed by atoms with Crippen LogP contribution in [0, 0.1) is 0 Å². The topological polar surface area (TPSA) is 137 Å². The second-order valence-electron chi connectivity index (χ2n) is 7.31. The van der Waals surface area contributed by atoms with Gasteiger partial charge >= 0.3 is 0 Å². The molecule has 0 saturated carbocycles. The van der Waals surface area contributed by atoms with Gasteiger partial charge in [-0.15, -0.1) is 0 Å². The zero-order valence-corrected chi connectivity index (χ0v) is 16.9. The highest BCUT2D eigenvalue weighted by atomic mass is 16.3. The fourth-order valence-electron chi connectivity index (χ4n) is 4.05. The number of piperidine rings is 1. The van der Waals surface area contributed by atoms with Crippen molar-refractivity contribution in [1.29, 1.82) is 0 Å². The number of anilines is 1. The molecule has 0 radical (unpaired) electrons. The summed E-state index contributed by atoms with van der Waals surface area (Å²) in [7, 11) is 0. The third-order valence-electron chi connectivity index (χ3n) is 5.41. The first-order valence-electron chi connectivity index (χ1n) is 10.1. The third-order valence-corrected chi connectivity index (χ3v) is 5.41. The number of pyridine rings is 1. The van der Waals surface area contributed by atoms with E-state index in [2.05, 4.69) is 30.2 Å². The quantitative estimate of drug-likeness (QED) is 0.543. The molecule has 0 aromatic carbocycles. The minimum Gasteiger partial charge on any atom is -0.483 e. The molecule has 3 aromatic rings. The molecule has 1 amide bonds. The van der Waals surface area contributed by atoms with Crippen LogP contribution in [0.1, 0.15) is 40.6 Å². The van der Waals surface area contributed by atoms with Crippen molar-refractivity contribution >= 4 is 18.2 Å². The molecule has 1 atom stereocenters. The molecule has 2 aliphatic heterocycles. The fraction of sp³-hybridized carbons (Fsp3) is 0.333. The molecule has 5 heterocycles. The Bertz CT molecular complexity index is 1040. The number of imidazole rings is 1. The zero-order chi connectivity index (χ0) is 21.6. The van der Waals surface area contributed by atoms with Gasteiger partial charge in [0.15, 0.2) is 5.82 Å². The van der Waals surface area contributed by atoms with Crippen molar-refractivity contribution < 1.29 is 14.7 Å². The Morgan fingerprint density at radius 2 is 2.13 bits per heavy atom. The number of aromatic nitrogens is 5. The van der Waals surface area contributed by atoms with Crippen LogP contribution in [-0.4, -0.2) is 62.0 Å². The Labute approximate surface area is 178 Å². The maximum absolute atomic E-state index is 12.5. The molecule has 31 heavy (non-hydrogen) atoms. The summed E-state index contributed by atoms with van der Waals surface area (Å²) in [4.78, 5) is 44.5. The molecular formula is C21H23N7O3. The van der Waals surface area contributed by atoms with Gasteiger partial charge < -0.3 is 20.3 Å². The largest absolute Gasteiger partial charge is 0.483 e. The summed E-state index contributed by atoms with van der Waals surface area (Å²) < 4.78 is 0. The lowest BCUT2D eigenvalue weighted by molar-refractivity contribution is -0.122. The molecule has 1 fully saturated rings. The molecule has 2 aliphatic rings. The van der Waals surface area contributed by atoms with E-state index in [0.29, 0.717) is 24.0 Å². The van der Waals surface area contributed by atoms with Crippen LogP contribution in [-0.2, 0) is 11.2 Å². The lowest BCUT2D eigenvalue weighted by Crippen LogP contribution is -2.39. The summed E-state index contributed by atoms with van der Waals surface area (Å²) in [6.07, 6.45) is 10.00. The average molecular weight is 421 g/mol.